The summed E-state index contributed by atoms with van der Waals surface area (Å²) in [5, 5.41) is 9.35. The fourth-order valence-corrected chi connectivity index (χ4v) is 2.32. The zero-order valence-corrected chi connectivity index (χ0v) is 10.9. The van der Waals surface area contributed by atoms with Crippen molar-refractivity contribution in [3.63, 3.8) is 0 Å². The number of hydrogen-bond donors (Lipinski definition) is 2. The molecule has 2 heterocycles. The average molecular weight is 271 g/mol. The van der Waals surface area contributed by atoms with Gasteiger partial charge in [-0.05, 0) is 6.42 Å². The molecule has 2 rings (SSSR count). The second-order valence-corrected chi connectivity index (χ2v) is 4.86. The molecule has 0 amide bonds. The lowest BCUT2D eigenvalue weighted by atomic mass is 10.4. The molecule has 100 valence electrons. The van der Waals surface area contributed by atoms with Gasteiger partial charge in [-0.1, -0.05) is 11.8 Å². The summed E-state index contributed by atoms with van der Waals surface area (Å²) in [4.78, 5) is 14.6. The van der Waals surface area contributed by atoms with Gasteiger partial charge in [0.05, 0.1) is 13.2 Å². The third-order valence-corrected chi connectivity index (χ3v) is 3.38. The summed E-state index contributed by atoms with van der Waals surface area (Å²) in [6.07, 6.45) is 0.711. The first kappa shape index (κ1) is 13.3. The molecule has 1 aliphatic rings. The minimum atomic E-state index is 0.171. The molecule has 1 aliphatic heterocycles. The highest BCUT2D eigenvalue weighted by molar-refractivity contribution is 7.99. The van der Waals surface area contributed by atoms with Gasteiger partial charge >= 0.3 is 0 Å². The Bertz CT molecular complexity index is 387. The molecule has 1 aromatic rings. The smallest absolute Gasteiger partial charge is 0.231 e. The number of morpholine rings is 1. The number of nitrogens with zero attached hydrogens (tertiary/aromatic N) is 4. The van der Waals surface area contributed by atoms with Crippen LogP contribution in [0.5, 0.6) is 0 Å². The molecule has 1 aromatic heterocycles. The monoisotopic (exact) mass is 271 g/mol. The van der Waals surface area contributed by atoms with Gasteiger partial charge in [-0.3, -0.25) is 0 Å². The van der Waals surface area contributed by atoms with Gasteiger partial charge < -0.3 is 20.5 Å². The van der Waals surface area contributed by atoms with Crippen LogP contribution in [0.25, 0.3) is 0 Å². The Labute approximate surface area is 110 Å². The third-order valence-electron chi connectivity index (χ3n) is 2.45. The molecule has 3 N–H and O–H groups in total. The van der Waals surface area contributed by atoms with Crippen LogP contribution in [0, 0.1) is 0 Å². The molecule has 1 saturated heterocycles. The maximum Gasteiger partial charge on any atom is 0.231 e. The Morgan fingerprint density at radius 1 is 1.28 bits per heavy atom. The van der Waals surface area contributed by atoms with E-state index in [-0.39, 0.29) is 12.6 Å². The maximum absolute atomic E-state index is 8.74. The van der Waals surface area contributed by atoms with Crippen LogP contribution in [0.15, 0.2) is 5.16 Å². The first-order valence-corrected chi connectivity index (χ1v) is 6.86. The van der Waals surface area contributed by atoms with Gasteiger partial charge in [0.2, 0.25) is 11.9 Å². The summed E-state index contributed by atoms with van der Waals surface area (Å²) in [7, 11) is 0. The van der Waals surface area contributed by atoms with Crippen LogP contribution in [-0.4, -0.2) is 58.7 Å². The van der Waals surface area contributed by atoms with Crippen molar-refractivity contribution in [2.24, 2.45) is 0 Å². The van der Waals surface area contributed by atoms with E-state index in [1.54, 1.807) is 0 Å². The van der Waals surface area contributed by atoms with Gasteiger partial charge in [0.25, 0.3) is 0 Å². The van der Waals surface area contributed by atoms with Gasteiger partial charge in [0.15, 0.2) is 5.16 Å². The quantitative estimate of drug-likeness (QED) is 0.559. The minimum Gasteiger partial charge on any atom is -0.396 e. The zero-order chi connectivity index (χ0) is 12.8. The molecular formula is C10H17N5O2S. The van der Waals surface area contributed by atoms with E-state index in [9.17, 15) is 0 Å². The van der Waals surface area contributed by atoms with Crippen molar-refractivity contribution in [2.75, 3.05) is 49.3 Å². The van der Waals surface area contributed by atoms with Crippen LogP contribution in [0.2, 0.25) is 0 Å². The molecule has 8 heteroatoms. The standard InChI is InChI=1S/C10H17N5O2S/c11-8-12-9(15-2-5-17-6-3-15)14-10(13-8)18-7-1-4-16/h16H,1-7H2,(H2,11,12,13,14). The van der Waals surface area contributed by atoms with E-state index in [0.717, 1.165) is 18.8 Å². The molecule has 0 saturated carbocycles. The Hall–Kier alpha value is -1.12. The number of thioether (sulfide) groups is 1. The number of aliphatic hydroxyl groups is 1. The fraction of sp³-hybridized carbons (Fsp3) is 0.700. The number of nitrogens with two attached hydrogens (primary N) is 1. The number of anilines is 2. The number of nitrogen functional groups attached to an aromatic ring is 1. The second kappa shape index (κ2) is 6.72. The van der Waals surface area contributed by atoms with Crippen molar-refractivity contribution >= 4 is 23.7 Å². The molecule has 0 spiro atoms. The topological polar surface area (TPSA) is 97.4 Å². The van der Waals surface area contributed by atoms with E-state index in [1.807, 2.05) is 4.90 Å². The first-order valence-electron chi connectivity index (χ1n) is 5.87. The Balaban J connectivity index is 2.05. The lowest BCUT2D eigenvalue weighted by Gasteiger charge is -2.26. The van der Waals surface area contributed by atoms with Crippen molar-refractivity contribution in [1.82, 2.24) is 15.0 Å². The van der Waals surface area contributed by atoms with E-state index in [4.69, 9.17) is 15.6 Å². The molecule has 0 atom stereocenters. The zero-order valence-electron chi connectivity index (χ0n) is 10.1. The van der Waals surface area contributed by atoms with Crippen molar-refractivity contribution in [1.29, 1.82) is 0 Å². The van der Waals surface area contributed by atoms with E-state index in [0.29, 0.717) is 30.7 Å². The Morgan fingerprint density at radius 3 is 2.78 bits per heavy atom. The Morgan fingerprint density at radius 2 is 2.06 bits per heavy atom. The van der Waals surface area contributed by atoms with E-state index in [1.165, 1.54) is 11.8 Å². The number of aliphatic hydroxyl groups excluding tert-OH is 1. The second-order valence-electron chi connectivity index (χ2n) is 3.80. The van der Waals surface area contributed by atoms with Gasteiger partial charge in [-0.15, -0.1) is 0 Å². The molecule has 0 aliphatic carbocycles. The molecule has 0 unspecified atom stereocenters. The number of aromatic nitrogens is 3. The SMILES string of the molecule is Nc1nc(SCCCO)nc(N2CCOCC2)n1. The van der Waals surface area contributed by atoms with Crippen molar-refractivity contribution < 1.29 is 9.84 Å². The van der Waals surface area contributed by atoms with Gasteiger partial charge in [-0.2, -0.15) is 15.0 Å². The van der Waals surface area contributed by atoms with E-state index >= 15 is 0 Å². The fourth-order valence-electron chi connectivity index (χ4n) is 1.56. The summed E-state index contributed by atoms with van der Waals surface area (Å²) in [5.74, 6) is 1.61. The van der Waals surface area contributed by atoms with Crippen molar-refractivity contribution in [3.05, 3.63) is 0 Å². The molecule has 18 heavy (non-hydrogen) atoms. The third kappa shape index (κ3) is 3.69. The van der Waals surface area contributed by atoms with E-state index < -0.39 is 0 Å². The number of ether oxygens (including phenoxy) is 1. The van der Waals surface area contributed by atoms with Gasteiger partial charge in [0, 0.05) is 25.4 Å². The molecule has 0 bridgehead atoms. The van der Waals surface area contributed by atoms with Crippen LogP contribution in [0.1, 0.15) is 6.42 Å². The van der Waals surface area contributed by atoms with Crippen LogP contribution in [0.4, 0.5) is 11.9 Å². The number of rotatable bonds is 5. The van der Waals surface area contributed by atoms with Crippen LogP contribution in [0.3, 0.4) is 0 Å². The number of hydrogen-bond acceptors (Lipinski definition) is 8. The van der Waals surface area contributed by atoms with Crippen LogP contribution in [-0.2, 0) is 4.74 Å². The molecular weight excluding hydrogens is 254 g/mol. The highest BCUT2D eigenvalue weighted by atomic mass is 32.2. The summed E-state index contributed by atoms with van der Waals surface area (Å²) >= 11 is 1.48. The van der Waals surface area contributed by atoms with Gasteiger partial charge in [-0.25, -0.2) is 0 Å². The van der Waals surface area contributed by atoms with Crippen LogP contribution < -0.4 is 10.6 Å². The predicted molar refractivity (Wildman–Crippen MR) is 69.7 cm³/mol. The normalized spacial score (nSPS) is 15.9. The largest absolute Gasteiger partial charge is 0.396 e. The van der Waals surface area contributed by atoms with Gasteiger partial charge in [0.1, 0.15) is 0 Å². The highest BCUT2D eigenvalue weighted by Gasteiger charge is 2.15. The van der Waals surface area contributed by atoms with Crippen molar-refractivity contribution in [2.45, 2.75) is 11.6 Å². The van der Waals surface area contributed by atoms with E-state index in [2.05, 4.69) is 15.0 Å². The Kier molecular flexibility index (Phi) is 4.97. The summed E-state index contributed by atoms with van der Waals surface area (Å²) in [5.41, 5.74) is 5.69. The lowest BCUT2D eigenvalue weighted by Crippen LogP contribution is -2.37. The summed E-state index contributed by atoms with van der Waals surface area (Å²) in [6, 6.07) is 0. The summed E-state index contributed by atoms with van der Waals surface area (Å²) in [6.45, 7) is 3.06. The maximum atomic E-state index is 8.74. The molecule has 0 radical (unpaired) electrons. The minimum absolute atomic E-state index is 0.171. The predicted octanol–water partition coefficient (Wildman–Crippen LogP) is -0.235. The molecule has 7 nitrogen and oxygen atoms in total. The average Bonchev–Trinajstić information content (AvgIpc) is 2.39. The van der Waals surface area contributed by atoms with Crippen LogP contribution >= 0.6 is 11.8 Å². The molecule has 1 fully saturated rings. The molecule has 0 aromatic carbocycles. The first-order chi connectivity index (χ1) is 8.79. The summed E-state index contributed by atoms with van der Waals surface area (Å²) < 4.78 is 5.28. The van der Waals surface area contributed by atoms with Crippen molar-refractivity contribution in [3.8, 4) is 0 Å². The lowest BCUT2D eigenvalue weighted by molar-refractivity contribution is 0.122. The highest BCUT2D eigenvalue weighted by Crippen LogP contribution is 2.18.